The average Bonchev–Trinajstić information content (AvgIpc) is 2.67. The molecule has 6 heteroatoms. The molecule has 3 N–H and O–H groups in total. The van der Waals surface area contributed by atoms with Gasteiger partial charge >= 0.3 is 0 Å². The Labute approximate surface area is 105 Å². The normalized spacial score (nSPS) is 12.8. The first-order chi connectivity index (χ1) is 7.58. The van der Waals surface area contributed by atoms with Crippen LogP contribution in [0.2, 0.25) is 5.02 Å². The van der Waals surface area contributed by atoms with E-state index in [1.165, 1.54) is 18.2 Å². The predicted octanol–water partition coefficient (Wildman–Crippen LogP) is 3.01. The van der Waals surface area contributed by atoms with Gasteiger partial charge in [-0.15, -0.1) is 0 Å². The van der Waals surface area contributed by atoms with E-state index in [0.29, 0.717) is 21.0 Å². The minimum atomic E-state index is -0.662. The number of H-pyrrole nitrogens is 1. The SMILES string of the molecule is NC(c1ncc(Br)[nH]1)c1cc(Cl)ccc1F. The van der Waals surface area contributed by atoms with Gasteiger partial charge in [0.1, 0.15) is 16.2 Å². The molecule has 0 fully saturated rings. The van der Waals surface area contributed by atoms with Crippen LogP contribution >= 0.6 is 27.5 Å². The van der Waals surface area contributed by atoms with E-state index in [4.69, 9.17) is 17.3 Å². The number of hydrogen-bond acceptors (Lipinski definition) is 2. The van der Waals surface area contributed by atoms with Crippen LogP contribution in [0.15, 0.2) is 29.0 Å². The van der Waals surface area contributed by atoms with Crippen molar-refractivity contribution in [3.63, 3.8) is 0 Å². The Bertz CT molecular complexity index is 515. The van der Waals surface area contributed by atoms with Gasteiger partial charge in [-0.2, -0.15) is 0 Å². The van der Waals surface area contributed by atoms with Crippen molar-refractivity contribution in [2.45, 2.75) is 6.04 Å². The van der Waals surface area contributed by atoms with Crippen LogP contribution in [0.4, 0.5) is 4.39 Å². The standard InChI is InChI=1S/C10H8BrClFN3/c11-8-4-15-10(16-8)9(14)6-3-5(12)1-2-7(6)13/h1-4,9H,14H2,(H,15,16). The minimum Gasteiger partial charge on any atom is -0.335 e. The first-order valence-electron chi connectivity index (χ1n) is 4.49. The van der Waals surface area contributed by atoms with Crippen molar-refractivity contribution in [1.29, 1.82) is 0 Å². The lowest BCUT2D eigenvalue weighted by Gasteiger charge is -2.10. The summed E-state index contributed by atoms with van der Waals surface area (Å²) in [5.41, 5.74) is 6.20. The van der Waals surface area contributed by atoms with Gasteiger partial charge in [-0.25, -0.2) is 9.37 Å². The highest BCUT2D eigenvalue weighted by Crippen LogP contribution is 2.24. The van der Waals surface area contributed by atoms with Crippen LogP contribution in [-0.2, 0) is 0 Å². The van der Waals surface area contributed by atoms with Gasteiger partial charge in [0, 0.05) is 10.6 Å². The number of aromatic nitrogens is 2. The van der Waals surface area contributed by atoms with E-state index in [-0.39, 0.29) is 0 Å². The first-order valence-corrected chi connectivity index (χ1v) is 5.66. The summed E-state index contributed by atoms with van der Waals surface area (Å²) in [6.45, 7) is 0. The van der Waals surface area contributed by atoms with E-state index in [1.807, 2.05) is 0 Å². The van der Waals surface area contributed by atoms with E-state index in [9.17, 15) is 4.39 Å². The van der Waals surface area contributed by atoms with Crippen LogP contribution in [0.1, 0.15) is 17.4 Å². The first kappa shape index (κ1) is 11.6. The summed E-state index contributed by atoms with van der Waals surface area (Å²) in [6.07, 6.45) is 1.57. The predicted molar refractivity (Wildman–Crippen MR) is 63.7 cm³/mol. The highest BCUT2D eigenvalue weighted by Gasteiger charge is 2.16. The Morgan fingerprint density at radius 1 is 1.50 bits per heavy atom. The third-order valence-electron chi connectivity index (χ3n) is 2.15. The molecule has 1 aromatic heterocycles. The molecule has 1 unspecified atom stereocenters. The number of nitrogens with zero attached hydrogens (tertiary/aromatic N) is 1. The van der Waals surface area contributed by atoms with Crippen molar-refractivity contribution in [1.82, 2.24) is 9.97 Å². The van der Waals surface area contributed by atoms with Crippen molar-refractivity contribution in [3.8, 4) is 0 Å². The van der Waals surface area contributed by atoms with Crippen LogP contribution in [0.5, 0.6) is 0 Å². The maximum atomic E-state index is 13.5. The monoisotopic (exact) mass is 303 g/mol. The second-order valence-electron chi connectivity index (χ2n) is 3.26. The van der Waals surface area contributed by atoms with Crippen LogP contribution < -0.4 is 5.73 Å². The van der Waals surface area contributed by atoms with Crippen LogP contribution in [0.3, 0.4) is 0 Å². The van der Waals surface area contributed by atoms with Gasteiger partial charge in [0.25, 0.3) is 0 Å². The Hall–Kier alpha value is -0.910. The molecule has 2 aromatic rings. The molecule has 3 nitrogen and oxygen atoms in total. The maximum Gasteiger partial charge on any atom is 0.128 e. The summed E-state index contributed by atoms with van der Waals surface area (Å²) in [5.74, 6) is 0.0810. The number of imidazole rings is 1. The molecule has 1 heterocycles. The lowest BCUT2D eigenvalue weighted by Crippen LogP contribution is -2.15. The lowest BCUT2D eigenvalue weighted by atomic mass is 10.1. The number of rotatable bonds is 2. The molecule has 0 radical (unpaired) electrons. The van der Waals surface area contributed by atoms with Crippen LogP contribution in [0.25, 0.3) is 0 Å². The van der Waals surface area contributed by atoms with Crippen molar-refractivity contribution in [2.24, 2.45) is 5.73 Å². The van der Waals surface area contributed by atoms with Gasteiger partial charge in [-0.1, -0.05) is 11.6 Å². The summed E-state index contributed by atoms with van der Waals surface area (Å²) in [5, 5.41) is 0.442. The number of nitrogens with two attached hydrogens (primary N) is 1. The topological polar surface area (TPSA) is 54.7 Å². The fraction of sp³-hybridized carbons (Fsp3) is 0.100. The highest BCUT2D eigenvalue weighted by atomic mass is 79.9. The van der Waals surface area contributed by atoms with E-state index in [1.54, 1.807) is 6.20 Å². The molecule has 2 rings (SSSR count). The second-order valence-corrected chi connectivity index (χ2v) is 4.55. The lowest BCUT2D eigenvalue weighted by molar-refractivity contribution is 0.595. The molecule has 0 bridgehead atoms. The van der Waals surface area contributed by atoms with Crippen molar-refractivity contribution in [2.75, 3.05) is 0 Å². The summed E-state index contributed by atoms with van der Waals surface area (Å²) in [4.78, 5) is 6.92. The van der Waals surface area contributed by atoms with Gasteiger partial charge in [0.05, 0.1) is 12.2 Å². The van der Waals surface area contributed by atoms with E-state index in [2.05, 4.69) is 25.9 Å². The average molecular weight is 305 g/mol. The third kappa shape index (κ3) is 2.26. The molecule has 0 amide bonds. The summed E-state index contributed by atoms with van der Waals surface area (Å²) in [7, 11) is 0. The van der Waals surface area contributed by atoms with Crippen molar-refractivity contribution < 1.29 is 4.39 Å². The Kier molecular flexibility index (Phi) is 3.28. The number of halogens is 3. The van der Waals surface area contributed by atoms with Crippen molar-refractivity contribution >= 4 is 27.5 Å². The molecule has 16 heavy (non-hydrogen) atoms. The van der Waals surface area contributed by atoms with E-state index >= 15 is 0 Å². The van der Waals surface area contributed by atoms with Gasteiger partial charge in [0.15, 0.2) is 0 Å². The zero-order valence-electron chi connectivity index (χ0n) is 8.05. The molecule has 0 aliphatic carbocycles. The van der Waals surface area contributed by atoms with Crippen molar-refractivity contribution in [3.05, 3.63) is 51.2 Å². The van der Waals surface area contributed by atoms with Gasteiger partial charge in [0.2, 0.25) is 0 Å². The molecule has 0 spiro atoms. The van der Waals surface area contributed by atoms with Crippen LogP contribution in [-0.4, -0.2) is 9.97 Å². The largest absolute Gasteiger partial charge is 0.335 e. The quantitative estimate of drug-likeness (QED) is 0.896. The number of benzene rings is 1. The fourth-order valence-corrected chi connectivity index (χ4v) is 1.86. The van der Waals surface area contributed by atoms with Gasteiger partial charge in [-0.3, -0.25) is 0 Å². The zero-order chi connectivity index (χ0) is 11.7. The molecule has 0 saturated heterocycles. The second kappa shape index (κ2) is 4.53. The van der Waals surface area contributed by atoms with E-state index < -0.39 is 11.9 Å². The summed E-state index contributed by atoms with van der Waals surface area (Å²) in [6, 6.07) is 3.60. The molecule has 0 aliphatic rings. The molecule has 0 saturated carbocycles. The Balaban J connectivity index is 2.40. The summed E-state index contributed by atoms with van der Waals surface area (Å²) >= 11 is 9.00. The molecule has 1 atom stereocenters. The molecule has 1 aromatic carbocycles. The van der Waals surface area contributed by atoms with Crippen LogP contribution in [0, 0.1) is 5.82 Å². The fourth-order valence-electron chi connectivity index (χ4n) is 1.37. The number of hydrogen-bond donors (Lipinski definition) is 2. The molecule has 0 aliphatic heterocycles. The Morgan fingerprint density at radius 3 is 2.88 bits per heavy atom. The maximum absolute atomic E-state index is 13.5. The number of nitrogens with one attached hydrogen (secondary N) is 1. The number of aromatic amines is 1. The molecular formula is C10H8BrClFN3. The van der Waals surface area contributed by atoms with Gasteiger partial charge < -0.3 is 10.7 Å². The highest BCUT2D eigenvalue weighted by molar-refractivity contribution is 9.10. The molecule has 84 valence electrons. The molecular weight excluding hydrogens is 296 g/mol. The van der Waals surface area contributed by atoms with Gasteiger partial charge in [-0.05, 0) is 34.1 Å². The Morgan fingerprint density at radius 2 is 2.25 bits per heavy atom. The van der Waals surface area contributed by atoms with E-state index in [0.717, 1.165) is 0 Å². The smallest absolute Gasteiger partial charge is 0.128 e. The minimum absolute atomic E-state index is 0.314. The summed E-state index contributed by atoms with van der Waals surface area (Å²) < 4.78 is 14.2. The zero-order valence-corrected chi connectivity index (χ0v) is 10.4. The third-order valence-corrected chi connectivity index (χ3v) is 2.79.